The molecule has 1 amide bonds. The Morgan fingerprint density at radius 1 is 1.22 bits per heavy atom. The third kappa shape index (κ3) is 4.29. The Labute approximate surface area is 156 Å². The van der Waals surface area contributed by atoms with E-state index < -0.39 is 39.0 Å². The highest BCUT2D eigenvalue weighted by molar-refractivity contribution is 7.91. The summed E-state index contributed by atoms with van der Waals surface area (Å²) in [6.07, 6.45) is -5.19. The lowest BCUT2D eigenvalue weighted by Gasteiger charge is -2.30. The molecule has 1 heterocycles. The van der Waals surface area contributed by atoms with Gasteiger partial charge in [-0.05, 0) is 36.9 Å². The van der Waals surface area contributed by atoms with Gasteiger partial charge in [0.15, 0.2) is 0 Å². The zero-order valence-electron chi connectivity index (χ0n) is 13.8. The van der Waals surface area contributed by atoms with E-state index in [0.29, 0.717) is 10.9 Å². The molecule has 0 unspecified atom stereocenters. The standard InChI is InChI=1S/C15H15F4N3O3S2/c1-21-27(24,25)12-6-5-11(26-12)8-22-13(23)14(20,15(17,18)19)9-3-2-4-10(16)7-9/h2-7,21H,8,20H2,1H3,(H,22,23)/t14-/m0/s1. The number of thiophene rings is 1. The SMILES string of the molecule is CNS(=O)(=O)c1ccc(CNC(=O)[C@@](N)(c2cccc(F)c2)C(F)(F)F)s1. The first-order valence-electron chi connectivity index (χ1n) is 7.34. The first-order chi connectivity index (χ1) is 12.4. The summed E-state index contributed by atoms with van der Waals surface area (Å²) in [5.74, 6) is -2.56. The Bertz CT molecular complexity index is 944. The zero-order valence-corrected chi connectivity index (χ0v) is 15.4. The van der Waals surface area contributed by atoms with E-state index in [4.69, 9.17) is 5.73 Å². The fourth-order valence-electron chi connectivity index (χ4n) is 2.16. The first kappa shape index (κ1) is 21.3. The molecule has 0 fully saturated rings. The normalized spacial score (nSPS) is 14.6. The van der Waals surface area contributed by atoms with Crippen LogP contribution >= 0.6 is 11.3 Å². The third-order valence-electron chi connectivity index (χ3n) is 3.68. The minimum absolute atomic E-state index is 0.0609. The molecule has 148 valence electrons. The fourth-order valence-corrected chi connectivity index (χ4v) is 4.30. The number of carbonyl (C=O) groups excluding carboxylic acids is 1. The molecule has 0 saturated carbocycles. The fraction of sp³-hybridized carbons (Fsp3) is 0.267. The summed E-state index contributed by atoms with van der Waals surface area (Å²) in [6.45, 7) is -0.382. The number of alkyl halides is 3. The van der Waals surface area contributed by atoms with E-state index in [1.807, 2.05) is 5.32 Å². The van der Waals surface area contributed by atoms with Crippen LogP contribution in [0.2, 0.25) is 0 Å². The summed E-state index contributed by atoms with van der Waals surface area (Å²) >= 11 is 0.776. The highest BCUT2D eigenvalue weighted by Crippen LogP contribution is 2.37. The van der Waals surface area contributed by atoms with Gasteiger partial charge in [-0.3, -0.25) is 4.79 Å². The summed E-state index contributed by atoms with van der Waals surface area (Å²) in [5.41, 5.74) is 1.14. The third-order valence-corrected chi connectivity index (χ3v) is 6.67. The number of benzene rings is 1. The molecule has 0 aliphatic heterocycles. The van der Waals surface area contributed by atoms with Crippen LogP contribution in [0, 0.1) is 5.82 Å². The van der Waals surface area contributed by atoms with E-state index in [-0.39, 0.29) is 10.8 Å². The van der Waals surface area contributed by atoms with Crippen molar-refractivity contribution in [3.63, 3.8) is 0 Å². The van der Waals surface area contributed by atoms with Crippen molar-refractivity contribution in [2.75, 3.05) is 7.05 Å². The Kier molecular flexibility index (Phi) is 5.94. The van der Waals surface area contributed by atoms with E-state index in [9.17, 15) is 30.8 Å². The van der Waals surface area contributed by atoms with E-state index >= 15 is 0 Å². The number of carbonyl (C=O) groups is 1. The predicted octanol–water partition coefficient (Wildman–Crippen LogP) is 1.83. The van der Waals surface area contributed by atoms with Crippen LogP contribution in [0.1, 0.15) is 10.4 Å². The molecule has 0 saturated heterocycles. The van der Waals surface area contributed by atoms with Crippen LogP contribution in [0.4, 0.5) is 17.6 Å². The van der Waals surface area contributed by atoms with Crippen LogP contribution in [0.3, 0.4) is 0 Å². The number of rotatable bonds is 6. The Morgan fingerprint density at radius 2 is 1.89 bits per heavy atom. The van der Waals surface area contributed by atoms with Gasteiger partial charge in [0.25, 0.3) is 5.91 Å². The Balaban J connectivity index is 2.26. The molecule has 0 radical (unpaired) electrons. The van der Waals surface area contributed by atoms with Crippen molar-refractivity contribution in [1.29, 1.82) is 0 Å². The highest BCUT2D eigenvalue weighted by Gasteiger charge is 2.59. The van der Waals surface area contributed by atoms with Gasteiger partial charge in [-0.25, -0.2) is 17.5 Å². The molecule has 0 aliphatic carbocycles. The van der Waals surface area contributed by atoms with Crippen LogP contribution in [0.25, 0.3) is 0 Å². The largest absolute Gasteiger partial charge is 0.419 e. The van der Waals surface area contributed by atoms with Crippen molar-refractivity contribution in [1.82, 2.24) is 10.0 Å². The molecular weight excluding hydrogens is 410 g/mol. The molecule has 27 heavy (non-hydrogen) atoms. The number of hydrogen-bond acceptors (Lipinski definition) is 5. The molecule has 1 aromatic carbocycles. The van der Waals surface area contributed by atoms with Crippen molar-refractivity contribution in [2.45, 2.75) is 22.5 Å². The van der Waals surface area contributed by atoms with Crippen molar-refractivity contribution in [3.05, 3.63) is 52.7 Å². The smallest absolute Gasteiger partial charge is 0.349 e. The monoisotopic (exact) mass is 425 g/mol. The second-order valence-corrected chi connectivity index (χ2v) is 8.71. The summed E-state index contributed by atoms with van der Waals surface area (Å²) in [6, 6.07) is 5.98. The van der Waals surface area contributed by atoms with Gasteiger partial charge in [-0.15, -0.1) is 11.3 Å². The summed E-state index contributed by atoms with van der Waals surface area (Å²) < 4.78 is 79.2. The summed E-state index contributed by atoms with van der Waals surface area (Å²) in [5, 5.41) is 2.04. The first-order valence-corrected chi connectivity index (χ1v) is 9.64. The second-order valence-electron chi connectivity index (χ2n) is 5.43. The molecule has 0 aliphatic rings. The molecule has 2 rings (SSSR count). The topological polar surface area (TPSA) is 101 Å². The molecule has 0 bridgehead atoms. The highest BCUT2D eigenvalue weighted by atomic mass is 32.2. The van der Waals surface area contributed by atoms with Gasteiger partial charge in [0.2, 0.25) is 15.6 Å². The van der Waals surface area contributed by atoms with Crippen LogP contribution in [-0.4, -0.2) is 27.5 Å². The van der Waals surface area contributed by atoms with Gasteiger partial charge in [0, 0.05) is 4.88 Å². The molecule has 1 aromatic heterocycles. The maximum absolute atomic E-state index is 13.5. The van der Waals surface area contributed by atoms with Gasteiger partial charge in [-0.1, -0.05) is 12.1 Å². The van der Waals surface area contributed by atoms with Gasteiger partial charge < -0.3 is 11.1 Å². The quantitative estimate of drug-likeness (QED) is 0.615. The molecule has 0 spiro atoms. The summed E-state index contributed by atoms with van der Waals surface area (Å²) in [4.78, 5) is 12.5. The zero-order chi connectivity index (χ0) is 20.5. The van der Waals surface area contributed by atoms with Gasteiger partial charge in [-0.2, -0.15) is 13.2 Å². The van der Waals surface area contributed by atoms with Crippen LogP contribution in [0.15, 0.2) is 40.6 Å². The summed E-state index contributed by atoms with van der Waals surface area (Å²) in [7, 11) is -2.50. The number of amides is 1. The Morgan fingerprint density at radius 3 is 2.44 bits per heavy atom. The van der Waals surface area contributed by atoms with Crippen LogP contribution in [-0.2, 0) is 26.9 Å². The molecule has 4 N–H and O–H groups in total. The molecule has 12 heteroatoms. The molecule has 2 aromatic rings. The van der Waals surface area contributed by atoms with E-state index in [0.717, 1.165) is 29.5 Å². The van der Waals surface area contributed by atoms with Gasteiger partial charge >= 0.3 is 6.18 Å². The lowest BCUT2D eigenvalue weighted by Crippen LogP contribution is -2.60. The van der Waals surface area contributed by atoms with E-state index in [1.165, 1.54) is 19.2 Å². The number of nitrogens with one attached hydrogen (secondary N) is 2. The van der Waals surface area contributed by atoms with Crippen molar-refractivity contribution >= 4 is 27.3 Å². The molecule has 6 nitrogen and oxygen atoms in total. The van der Waals surface area contributed by atoms with Gasteiger partial charge in [0.1, 0.15) is 10.0 Å². The lowest BCUT2D eigenvalue weighted by molar-refractivity contribution is -0.194. The maximum Gasteiger partial charge on any atom is 0.419 e. The minimum atomic E-state index is -5.19. The predicted molar refractivity (Wildman–Crippen MR) is 90.7 cm³/mol. The average Bonchev–Trinajstić information content (AvgIpc) is 3.07. The van der Waals surface area contributed by atoms with Crippen LogP contribution < -0.4 is 15.8 Å². The number of hydrogen-bond donors (Lipinski definition) is 3. The van der Waals surface area contributed by atoms with Crippen molar-refractivity contribution < 1.29 is 30.8 Å². The van der Waals surface area contributed by atoms with Crippen LogP contribution in [0.5, 0.6) is 0 Å². The molecular formula is C15H15F4N3O3S2. The second kappa shape index (κ2) is 7.54. The lowest BCUT2D eigenvalue weighted by atomic mass is 9.89. The number of sulfonamides is 1. The maximum atomic E-state index is 13.5. The van der Waals surface area contributed by atoms with Gasteiger partial charge in [0.05, 0.1) is 6.54 Å². The average molecular weight is 425 g/mol. The van der Waals surface area contributed by atoms with E-state index in [2.05, 4.69) is 4.72 Å². The van der Waals surface area contributed by atoms with E-state index in [1.54, 1.807) is 0 Å². The Hall–Kier alpha value is -2.02. The van der Waals surface area contributed by atoms with Crippen molar-refractivity contribution in [3.8, 4) is 0 Å². The number of nitrogens with two attached hydrogens (primary N) is 1. The molecule has 1 atom stereocenters. The number of halogens is 4. The van der Waals surface area contributed by atoms with Crippen molar-refractivity contribution in [2.24, 2.45) is 5.73 Å². The minimum Gasteiger partial charge on any atom is -0.349 e.